The highest BCUT2D eigenvalue weighted by molar-refractivity contribution is 7.85. The fourth-order valence-corrected chi connectivity index (χ4v) is 5.76. The van der Waals surface area contributed by atoms with E-state index in [0.717, 1.165) is 24.7 Å². The second-order valence-electron chi connectivity index (χ2n) is 9.43. The van der Waals surface area contributed by atoms with Crippen molar-refractivity contribution in [1.82, 2.24) is 0 Å². The Morgan fingerprint density at radius 1 is 1.16 bits per heavy atom. The van der Waals surface area contributed by atoms with Crippen molar-refractivity contribution in [3.8, 4) is 11.3 Å². The van der Waals surface area contributed by atoms with E-state index in [1.54, 1.807) is 34.8 Å². The summed E-state index contributed by atoms with van der Waals surface area (Å²) in [6, 6.07) is 12.5. The van der Waals surface area contributed by atoms with E-state index >= 15 is 0 Å². The molecule has 0 radical (unpaired) electrons. The lowest BCUT2D eigenvalue weighted by Gasteiger charge is -2.25. The van der Waals surface area contributed by atoms with Gasteiger partial charge in [0.25, 0.3) is 0 Å². The molecule has 1 fully saturated rings. The third kappa shape index (κ3) is 4.29. The summed E-state index contributed by atoms with van der Waals surface area (Å²) in [6.45, 7) is 0.253. The fourth-order valence-electron chi connectivity index (χ4n) is 4.99. The zero-order chi connectivity index (χ0) is 25.8. The number of carbonyl (C=O) groups is 1. The Bertz CT molecular complexity index is 1570. The molecule has 6 nitrogen and oxygen atoms in total. The average Bonchev–Trinajstić information content (AvgIpc) is 3.56. The van der Waals surface area contributed by atoms with E-state index in [9.17, 15) is 22.8 Å². The summed E-state index contributed by atoms with van der Waals surface area (Å²) in [5.41, 5.74) is 4.30. The minimum Gasteiger partial charge on any atom is -0.455 e. The Balaban J connectivity index is 1.46. The number of rotatable bonds is 7. The largest absolute Gasteiger partial charge is 0.494 e. The molecule has 1 saturated carbocycles. The quantitative estimate of drug-likeness (QED) is 0.285. The summed E-state index contributed by atoms with van der Waals surface area (Å²) < 4.78 is 54.1. The van der Waals surface area contributed by atoms with Gasteiger partial charge in [-0.25, -0.2) is 13.0 Å². The van der Waals surface area contributed by atoms with Crippen LogP contribution in [0.15, 0.2) is 52.9 Å². The van der Waals surface area contributed by atoms with Gasteiger partial charge >= 0.3 is 7.12 Å². The smallest absolute Gasteiger partial charge is 0.455 e. The Labute approximate surface area is 214 Å². The van der Waals surface area contributed by atoms with Crippen molar-refractivity contribution in [2.24, 2.45) is 0 Å². The Morgan fingerprint density at radius 3 is 2.59 bits per heavy atom. The standard InChI is InChI=1S/C27H22BF2NO5S/c1-37(34)31(12-15-8-18-14-35-28(33)26(18)23(30)9-15)24-11-25-21(10-20(24)16-2-3-16)22(13-32)27(36-25)17-4-6-19(29)7-5-17/h4-11,13,16,33H,2-3,12,14H2,1H3. The van der Waals surface area contributed by atoms with Crippen LogP contribution >= 0.6 is 0 Å². The Morgan fingerprint density at radius 2 is 1.92 bits per heavy atom. The highest BCUT2D eigenvalue weighted by Gasteiger charge is 2.33. The van der Waals surface area contributed by atoms with Crippen molar-refractivity contribution in [1.29, 1.82) is 0 Å². The number of aldehydes is 1. The molecule has 1 aromatic heterocycles. The molecular weight excluding hydrogens is 499 g/mol. The van der Waals surface area contributed by atoms with Gasteiger partial charge in [0.05, 0.1) is 24.4 Å². The Kier molecular flexibility index (Phi) is 5.97. The van der Waals surface area contributed by atoms with Gasteiger partial charge in [-0.1, -0.05) is 6.07 Å². The number of hydrogen-bond acceptors (Lipinski definition) is 5. The second kappa shape index (κ2) is 9.20. The zero-order valence-electron chi connectivity index (χ0n) is 19.9. The van der Waals surface area contributed by atoms with Gasteiger partial charge in [-0.05, 0) is 71.8 Å². The molecule has 4 aromatic rings. The normalized spacial score (nSPS) is 15.7. The molecular formula is C27H22BF2NO5S. The molecule has 1 atom stereocenters. The molecule has 1 unspecified atom stereocenters. The van der Waals surface area contributed by atoms with Crippen molar-refractivity contribution < 1.29 is 31.9 Å². The van der Waals surface area contributed by atoms with Crippen LogP contribution in [0.3, 0.4) is 0 Å². The number of hydrogen-bond donors (Lipinski definition) is 1. The first kappa shape index (κ1) is 24.0. The first-order valence-electron chi connectivity index (χ1n) is 11.9. The summed E-state index contributed by atoms with van der Waals surface area (Å²) >= 11 is 0. The molecule has 0 saturated heterocycles. The number of nitrogens with zero attached hydrogens (tertiary/aromatic N) is 1. The molecule has 1 N–H and O–H groups in total. The first-order valence-corrected chi connectivity index (χ1v) is 13.4. The number of carbonyl (C=O) groups excluding carboxylic acids is 1. The van der Waals surface area contributed by atoms with Crippen LogP contribution in [0, 0.1) is 11.6 Å². The number of furan rings is 1. The molecule has 3 aromatic carbocycles. The molecule has 0 amide bonds. The van der Waals surface area contributed by atoms with Crippen molar-refractivity contribution >= 4 is 46.5 Å². The predicted molar refractivity (Wildman–Crippen MR) is 138 cm³/mol. The van der Waals surface area contributed by atoms with Crippen molar-refractivity contribution in [2.45, 2.75) is 31.9 Å². The predicted octanol–water partition coefficient (Wildman–Crippen LogP) is 4.59. The molecule has 10 heteroatoms. The third-order valence-corrected chi connectivity index (χ3v) is 7.89. The maximum absolute atomic E-state index is 14.7. The molecule has 2 heterocycles. The van der Waals surface area contributed by atoms with Gasteiger partial charge < -0.3 is 14.1 Å². The van der Waals surface area contributed by atoms with Crippen LogP contribution in [0.4, 0.5) is 14.5 Å². The maximum Gasteiger partial charge on any atom is 0.494 e. The Hall–Kier alpha value is -3.34. The van der Waals surface area contributed by atoms with Gasteiger partial charge in [0.15, 0.2) is 6.29 Å². The van der Waals surface area contributed by atoms with Crippen molar-refractivity contribution in [2.75, 3.05) is 10.6 Å². The van der Waals surface area contributed by atoms with Gasteiger partial charge in [0, 0.05) is 28.7 Å². The molecule has 6 rings (SSSR count). The van der Waals surface area contributed by atoms with Gasteiger partial charge in [0.2, 0.25) is 0 Å². The zero-order valence-corrected chi connectivity index (χ0v) is 20.7. The van der Waals surface area contributed by atoms with Crippen LogP contribution in [-0.4, -0.2) is 28.9 Å². The lowest BCUT2D eigenvalue weighted by molar-refractivity contribution is 0.112. The van der Waals surface area contributed by atoms with Gasteiger partial charge in [-0.15, -0.1) is 0 Å². The summed E-state index contributed by atoms with van der Waals surface area (Å²) in [5.74, 6) is -0.375. The van der Waals surface area contributed by atoms with E-state index in [4.69, 9.17) is 9.07 Å². The lowest BCUT2D eigenvalue weighted by atomic mass is 9.78. The molecule has 0 spiro atoms. The minimum absolute atomic E-state index is 0.1000. The van der Waals surface area contributed by atoms with Crippen molar-refractivity contribution in [3.63, 3.8) is 0 Å². The van der Waals surface area contributed by atoms with E-state index in [1.807, 2.05) is 6.07 Å². The highest BCUT2D eigenvalue weighted by atomic mass is 32.2. The molecule has 1 aliphatic heterocycles. The topological polar surface area (TPSA) is 80.0 Å². The molecule has 1 aliphatic carbocycles. The fraction of sp³-hybridized carbons (Fsp3) is 0.222. The van der Waals surface area contributed by atoms with E-state index in [0.29, 0.717) is 44.7 Å². The average molecular weight is 521 g/mol. The summed E-state index contributed by atoms with van der Waals surface area (Å²) in [7, 11) is -2.76. The molecule has 2 aliphatic rings. The van der Waals surface area contributed by atoms with Gasteiger partial charge in [-0.2, -0.15) is 0 Å². The van der Waals surface area contributed by atoms with E-state index in [-0.39, 0.29) is 24.5 Å². The van der Waals surface area contributed by atoms with Crippen LogP contribution in [0.25, 0.3) is 22.3 Å². The SMILES string of the molecule is CS(=O)N(Cc1cc(F)c2c(c1)COB2O)c1cc2oc(-c3ccc(F)cc3)c(C=O)c2cc1C1CC1. The summed E-state index contributed by atoms with van der Waals surface area (Å²) in [6.07, 6.45) is 4.22. The van der Waals surface area contributed by atoms with Crippen LogP contribution in [-0.2, 0) is 28.8 Å². The number of halogens is 2. The third-order valence-electron chi connectivity index (χ3n) is 6.94. The van der Waals surface area contributed by atoms with Gasteiger partial charge in [0.1, 0.15) is 34.0 Å². The molecule has 188 valence electrons. The monoisotopic (exact) mass is 521 g/mol. The molecule has 0 bridgehead atoms. The van der Waals surface area contributed by atoms with E-state index in [1.165, 1.54) is 18.2 Å². The van der Waals surface area contributed by atoms with Gasteiger partial charge in [-0.3, -0.25) is 9.10 Å². The second-order valence-corrected chi connectivity index (χ2v) is 10.7. The lowest BCUT2D eigenvalue weighted by Crippen LogP contribution is -2.32. The maximum atomic E-state index is 14.7. The number of fused-ring (bicyclic) bond motifs is 2. The number of benzene rings is 3. The van der Waals surface area contributed by atoms with E-state index in [2.05, 4.69) is 0 Å². The van der Waals surface area contributed by atoms with E-state index < -0.39 is 29.7 Å². The minimum atomic E-state index is -1.47. The number of anilines is 1. The van der Waals surface area contributed by atoms with Crippen LogP contribution < -0.4 is 9.77 Å². The summed E-state index contributed by atoms with van der Waals surface area (Å²) in [4.78, 5) is 12.1. The highest BCUT2D eigenvalue weighted by Crippen LogP contribution is 2.48. The first-order chi connectivity index (χ1) is 17.8. The van der Waals surface area contributed by atoms with Crippen LogP contribution in [0.5, 0.6) is 0 Å². The van der Waals surface area contributed by atoms with Crippen LogP contribution in [0.1, 0.15) is 45.8 Å². The molecule has 37 heavy (non-hydrogen) atoms. The van der Waals surface area contributed by atoms with Crippen molar-refractivity contribution in [3.05, 3.63) is 82.4 Å². The summed E-state index contributed by atoms with van der Waals surface area (Å²) in [5, 5.41) is 10.5. The van der Waals surface area contributed by atoms with Crippen LogP contribution in [0.2, 0.25) is 0 Å².